The third kappa shape index (κ3) is 1.24. The summed E-state index contributed by atoms with van der Waals surface area (Å²) in [6, 6.07) is 0. The molecule has 0 bridgehead atoms. The lowest BCUT2D eigenvalue weighted by Crippen LogP contribution is -1.96. The van der Waals surface area contributed by atoms with Crippen LogP contribution in [0.4, 0.5) is 5.82 Å². The molecular weight excluding hydrogens is 150 g/mol. The molecule has 0 radical (unpaired) electrons. The van der Waals surface area contributed by atoms with Crippen LogP contribution in [-0.4, -0.2) is 16.7 Å². The van der Waals surface area contributed by atoms with Crippen LogP contribution in [-0.2, 0) is 0 Å². The van der Waals surface area contributed by atoms with E-state index in [1.54, 1.807) is 0 Å². The van der Waals surface area contributed by atoms with Crippen LogP contribution in [0.3, 0.4) is 0 Å². The molecule has 0 aliphatic carbocycles. The largest absolute Gasteiger partial charge is 0.368 e. The number of H-pyrrole nitrogens is 1. The maximum atomic E-state index is 5.83. The van der Waals surface area contributed by atoms with E-state index in [-0.39, 0.29) is 0 Å². The van der Waals surface area contributed by atoms with Crippen molar-refractivity contribution < 1.29 is 0 Å². The van der Waals surface area contributed by atoms with Crippen molar-refractivity contribution in [2.45, 2.75) is 13.8 Å². The summed E-state index contributed by atoms with van der Waals surface area (Å²) in [4.78, 5) is 0. The van der Waals surface area contributed by atoms with Crippen molar-refractivity contribution in [2.75, 3.05) is 11.9 Å². The number of nitrogens with zero attached hydrogens (tertiary/aromatic N) is 1. The standard InChI is InChI=1S/C6H10ClN3/c1-3-8-6-5(7)4(2)9-10-6/h3H2,1-2H3,(H2,8,9,10). The van der Waals surface area contributed by atoms with Gasteiger partial charge in [0, 0.05) is 6.54 Å². The van der Waals surface area contributed by atoms with Crippen LogP contribution in [0.5, 0.6) is 0 Å². The number of rotatable bonds is 2. The zero-order valence-electron chi connectivity index (χ0n) is 6.03. The molecule has 0 amide bonds. The summed E-state index contributed by atoms with van der Waals surface area (Å²) in [5.41, 5.74) is 0.901. The highest BCUT2D eigenvalue weighted by Crippen LogP contribution is 2.21. The molecule has 0 saturated carbocycles. The summed E-state index contributed by atoms with van der Waals surface area (Å²) in [5, 5.41) is 10.4. The van der Waals surface area contributed by atoms with E-state index in [1.165, 1.54) is 0 Å². The Morgan fingerprint density at radius 3 is 2.80 bits per heavy atom. The second kappa shape index (κ2) is 2.92. The molecule has 1 aromatic heterocycles. The first-order chi connectivity index (χ1) is 4.75. The molecule has 1 heterocycles. The molecule has 0 unspecified atom stereocenters. The molecule has 56 valence electrons. The van der Waals surface area contributed by atoms with E-state index in [9.17, 15) is 0 Å². The van der Waals surface area contributed by atoms with Gasteiger partial charge in [-0.25, -0.2) is 0 Å². The van der Waals surface area contributed by atoms with E-state index >= 15 is 0 Å². The van der Waals surface area contributed by atoms with Gasteiger partial charge in [-0.3, -0.25) is 5.10 Å². The van der Waals surface area contributed by atoms with Crippen LogP contribution >= 0.6 is 11.6 Å². The molecule has 0 saturated heterocycles. The molecule has 0 aliphatic heterocycles. The van der Waals surface area contributed by atoms with Gasteiger partial charge in [0.1, 0.15) is 5.02 Å². The van der Waals surface area contributed by atoms with Gasteiger partial charge in [-0.15, -0.1) is 0 Å². The third-order valence-electron chi connectivity index (χ3n) is 1.22. The van der Waals surface area contributed by atoms with Gasteiger partial charge in [-0.1, -0.05) is 11.6 Å². The van der Waals surface area contributed by atoms with Crippen molar-refractivity contribution in [1.82, 2.24) is 10.2 Å². The molecule has 10 heavy (non-hydrogen) atoms. The average Bonchev–Trinajstić information content (AvgIpc) is 2.20. The fourth-order valence-electron chi connectivity index (χ4n) is 0.700. The Labute approximate surface area is 64.8 Å². The maximum Gasteiger partial charge on any atom is 0.166 e. The Morgan fingerprint density at radius 2 is 2.40 bits per heavy atom. The molecular formula is C6H10ClN3. The average molecular weight is 160 g/mol. The fraction of sp³-hybridized carbons (Fsp3) is 0.500. The highest BCUT2D eigenvalue weighted by molar-refractivity contribution is 6.33. The molecule has 3 nitrogen and oxygen atoms in total. The molecule has 1 rings (SSSR count). The van der Waals surface area contributed by atoms with Gasteiger partial charge in [0.2, 0.25) is 0 Å². The topological polar surface area (TPSA) is 40.7 Å². The number of nitrogens with one attached hydrogen (secondary N) is 2. The normalized spacial score (nSPS) is 9.90. The fourth-order valence-corrected chi connectivity index (χ4v) is 0.851. The number of aryl methyl sites for hydroxylation is 1. The summed E-state index contributed by atoms with van der Waals surface area (Å²) in [6.45, 7) is 4.72. The van der Waals surface area contributed by atoms with Crippen LogP contribution in [0.25, 0.3) is 0 Å². The van der Waals surface area contributed by atoms with E-state index in [4.69, 9.17) is 11.6 Å². The van der Waals surface area contributed by atoms with Crippen LogP contribution in [0, 0.1) is 6.92 Å². The summed E-state index contributed by atoms with van der Waals surface area (Å²) in [7, 11) is 0. The first-order valence-electron chi connectivity index (χ1n) is 3.20. The molecule has 0 spiro atoms. The maximum absolute atomic E-state index is 5.83. The van der Waals surface area contributed by atoms with Gasteiger partial charge in [-0.05, 0) is 13.8 Å². The van der Waals surface area contributed by atoms with Crippen LogP contribution < -0.4 is 5.32 Å². The van der Waals surface area contributed by atoms with Crippen molar-refractivity contribution in [3.8, 4) is 0 Å². The van der Waals surface area contributed by atoms with Crippen molar-refractivity contribution in [1.29, 1.82) is 0 Å². The van der Waals surface area contributed by atoms with E-state index in [0.29, 0.717) is 5.02 Å². The lowest BCUT2D eigenvalue weighted by molar-refractivity contribution is 1.03. The number of halogens is 1. The van der Waals surface area contributed by atoms with Gasteiger partial charge >= 0.3 is 0 Å². The van der Waals surface area contributed by atoms with Crippen molar-refractivity contribution in [2.24, 2.45) is 0 Å². The molecule has 0 aromatic carbocycles. The summed E-state index contributed by atoms with van der Waals surface area (Å²) in [5.74, 6) is 0.738. The van der Waals surface area contributed by atoms with E-state index in [0.717, 1.165) is 18.1 Å². The second-order valence-corrected chi connectivity index (χ2v) is 2.42. The van der Waals surface area contributed by atoms with Crippen LogP contribution in [0.1, 0.15) is 12.6 Å². The second-order valence-electron chi connectivity index (χ2n) is 2.04. The Kier molecular flexibility index (Phi) is 2.17. The Morgan fingerprint density at radius 1 is 1.70 bits per heavy atom. The number of hydrogen-bond acceptors (Lipinski definition) is 2. The van der Waals surface area contributed by atoms with E-state index < -0.39 is 0 Å². The molecule has 0 atom stereocenters. The Balaban J connectivity index is 2.83. The predicted molar refractivity (Wildman–Crippen MR) is 42.5 cm³/mol. The summed E-state index contributed by atoms with van der Waals surface area (Å²) in [6.07, 6.45) is 0. The Hall–Kier alpha value is -0.700. The van der Waals surface area contributed by atoms with Gasteiger partial charge in [0.15, 0.2) is 5.82 Å². The smallest absolute Gasteiger partial charge is 0.166 e. The quantitative estimate of drug-likeness (QED) is 0.691. The predicted octanol–water partition coefficient (Wildman–Crippen LogP) is 1.80. The van der Waals surface area contributed by atoms with Crippen LogP contribution in [0.2, 0.25) is 5.02 Å². The van der Waals surface area contributed by atoms with Crippen LogP contribution in [0.15, 0.2) is 0 Å². The summed E-state index contributed by atoms with van der Waals surface area (Å²) >= 11 is 5.83. The molecule has 0 fully saturated rings. The van der Waals surface area contributed by atoms with Crippen molar-refractivity contribution in [3.63, 3.8) is 0 Å². The van der Waals surface area contributed by atoms with Gasteiger partial charge in [0.25, 0.3) is 0 Å². The highest BCUT2D eigenvalue weighted by atomic mass is 35.5. The highest BCUT2D eigenvalue weighted by Gasteiger charge is 2.04. The van der Waals surface area contributed by atoms with Crippen molar-refractivity contribution in [3.05, 3.63) is 10.7 Å². The SMILES string of the molecule is CCNc1n[nH]c(C)c1Cl. The molecule has 2 N–H and O–H groups in total. The monoisotopic (exact) mass is 159 g/mol. The van der Waals surface area contributed by atoms with E-state index in [1.807, 2.05) is 13.8 Å². The van der Waals surface area contributed by atoms with Gasteiger partial charge < -0.3 is 5.32 Å². The third-order valence-corrected chi connectivity index (χ3v) is 1.68. The number of hydrogen-bond donors (Lipinski definition) is 2. The first kappa shape index (κ1) is 7.41. The lowest BCUT2D eigenvalue weighted by Gasteiger charge is -1.95. The van der Waals surface area contributed by atoms with Gasteiger partial charge in [-0.2, -0.15) is 5.10 Å². The Bertz CT molecular complexity index is 219. The van der Waals surface area contributed by atoms with E-state index in [2.05, 4.69) is 15.5 Å². The molecule has 0 aliphatic rings. The number of anilines is 1. The molecule has 4 heteroatoms. The summed E-state index contributed by atoms with van der Waals surface area (Å²) < 4.78 is 0. The van der Waals surface area contributed by atoms with Gasteiger partial charge in [0.05, 0.1) is 5.69 Å². The minimum Gasteiger partial charge on any atom is -0.368 e. The zero-order valence-corrected chi connectivity index (χ0v) is 6.79. The number of aromatic amines is 1. The minimum atomic E-state index is 0.682. The number of aromatic nitrogens is 2. The van der Waals surface area contributed by atoms with Crippen molar-refractivity contribution >= 4 is 17.4 Å². The minimum absolute atomic E-state index is 0.682. The zero-order chi connectivity index (χ0) is 7.56. The molecule has 1 aromatic rings. The lowest BCUT2D eigenvalue weighted by atomic mass is 10.4. The first-order valence-corrected chi connectivity index (χ1v) is 3.57.